The minimum Gasteiger partial charge on any atom is -0.380 e. The lowest BCUT2D eigenvalue weighted by molar-refractivity contribution is -0.594. The molecular weight excluding hydrogens is 150 g/mol. The molecule has 0 bridgehead atoms. The molecule has 0 amide bonds. The Morgan fingerprint density at radius 3 is 2.50 bits per heavy atom. The largest absolute Gasteiger partial charge is 0.380 e. The van der Waals surface area contributed by atoms with E-state index in [-0.39, 0.29) is 0 Å². The highest BCUT2D eigenvalue weighted by Crippen LogP contribution is 2.06. The molecule has 0 aliphatic heterocycles. The van der Waals surface area contributed by atoms with E-state index in [0.29, 0.717) is 5.82 Å². The summed E-state index contributed by atoms with van der Waals surface area (Å²) < 4.78 is 1.96. The van der Waals surface area contributed by atoms with Gasteiger partial charge in [-0.25, -0.2) is 0 Å². The highest BCUT2D eigenvalue weighted by molar-refractivity contribution is 5.46. The van der Waals surface area contributed by atoms with Crippen molar-refractivity contribution in [1.29, 1.82) is 0 Å². The zero-order valence-electron chi connectivity index (χ0n) is 6.57. The highest BCUT2D eigenvalue weighted by Gasteiger charge is 2.08. The lowest BCUT2D eigenvalue weighted by atomic mass is 10.4. The molecule has 0 unspecified atom stereocenters. The smallest absolute Gasteiger partial charge is 0.252 e. The third kappa shape index (κ3) is 1.05. The van der Waals surface area contributed by atoms with Crippen LogP contribution in [0.25, 0.3) is 5.69 Å². The quantitative estimate of drug-likeness (QED) is 0.597. The molecule has 2 rings (SSSR count). The van der Waals surface area contributed by atoms with E-state index in [1.54, 1.807) is 0 Å². The van der Waals surface area contributed by atoms with Gasteiger partial charge in [-0.05, 0) is 0 Å². The van der Waals surface area contributed by atoms with Crippen LogP contribution in [0.5, 0.6) is 0 Å². The second-order valence-electron chi connectivity index (χ2n) is 2.56. The van der Waals surface area contributed by atoms with Gasteiger partial charge in [0, 0.05) is 24.4 Å². The van der Waals surface area contributed by atoms with Crippen LogP contribution in [0.4, 0.5) is 5.82 Å². The van der Waals surface area contributed by atoms with Crippen LogP contribution >= 0.6 is 0 Å². The van der Waals surface area contributed by atoms with Crippen LogP contribution in [0.1, 0.15) is 0 Å². The van der Waals surface area contributed by atoms with E-state index in [1.165, 1.54) is 0 Å². The molecule has 0 atom stereocenters. The van der Waals surface area contributed by atoms with Gasteiger partial charge in [0.15, 0.2) is 18.2 Å². The lowest BCUT2D eigenvalue weighted by Gasteiger charge is -1.91. The molecule has 0 aromatic carbocycles. The Bertz CT molecular complexity index is 364. The molecule has 2 aromatic heterocycles. The molecule has 0 fully saturated rings. The summed E-state index contributed by atoms with van der Waals surface area (Å²) in [5.41, 5.74) is 6.68. The number of pyridine rings is 1. The Labute approximate surface area is 70.5 Å². The number of hydrogen-bond acceptors (Lipinski definition) is 1. The molecular formula is C9H10N3+. The third-order valence-corrected chi connectivity index (χ3v) is 1.75. The number of nitrogen functional groups attached to an aromatic ring is 1. The molecule has 12 heavy (non-hydrogen) atoms. The minimum atomic E-state index is 0.686. The standard InChI is InChI=1S/C9H10N3/c10-9-8(4-5-11-9)12-6-2-1-3-7-12/h1-7,11H,10H2/q+1. The van der Waals surface area contributed by atoms with E-state index in [0.717, 1.165) is 5.69 Å². The molecule has 0 saturated heterocycles. The summed E-state index contributed by atoms with van der Waals surface area (Å²) in [6.07, 6.45) is 5.74. The summed E-state index contributed by atoms with van der Waals surface area (Å²) in [4.78, 5) is 2.92. The SMILES string of the molecule is Nc1[nH]ccc1-[n+]1ccccc1. The number of H-pyrrole nitrogens is 1. The molecule has 0 saturated carbocycles. The lowest BCUT2D eigenvalue weighted by Crippen LogP contribution is -2.29. The zero-order valence-corrected chi connectivity index (χ0v) is 6.57. The van der Waals surface area contributed by atoms with Crippen LogP contribution in [0.3, 0.4) is 0 Å². The molecule has 3 nitrogen and oxygen atoms in total. The topological polar surface area (TPSA) is 45.7 Å². The molecule has 0 aliphatic carbocycles. The fourth-order valence-electron chi connectivity index (χ4n) is 1.16. The molecule has 3 N–H and O–H groups in total. The van der Waals surface area contributed by atoms with Crippen molar-refractivity contribution >= 4 is 5.82 Å². The number of aromatic amines is 1. The van der Waals surface area contributed by atoms with Gasteiger partial charge in [0.1, 0.15) is 0 Å². The highest BCUT2D eigenvalue weighted by atomic mass is 15.0. The first-order valence-corrected chi connectivity index (χ1v) is 3.77. The van der Waals surface area contributed by atoms with E-state index in [1.807, 2.05) is 47.4 Å². The first kappa shape index (κ1) is 6.91. The number of aromatic nitrogens is 2. The fraction of sp³-hybridized carbons (Fsp3) is 0. The van der Waals surface area contributed by atoms with Crippen LogP contribution in [-0.2, 0) is 0 Å². The van der Waals surface area contributed by atoms with Crippen LogP contribution in [0, 0.1) is 0 Å². The molecule has 60 valence electrons. The van der Waals surface area contributed by atoms with Gasteiger partial charge in [-0.1, -0.05) is 6.07 Å². The van der Waals surface area contributed by atoms with Gasteiger partial charge in [-0.2, -0.15) is 4.57 Å². The average Bonchev–Trinajstić information content (AvgIpc) is 2.53. The second-order valence-corrected chi connectivity index (χ2v) is 2.56. The summed E-state index contributed by atoms with van der Waals surface area (Å²) in [7, 11) is 0. The van der Waals surface area contributed by atoms with Crippen LogP contribution < -0.4 is 10.3 Å². The van der Waals surface area contributed by atoms with E-state index in [2.05, 4.69) is 4.98 Å². The van der Waals surface area contributed by atoms with E-state index < -0.39 is 0 Å². The molecule has 3 heteroatoms. The maximum Gasteiger partial charge on any atom is 0.252 e. The van der Waals surface area contributed by atoms with Crippen LogP contribution in [-0.4, -0.2) is 4.98 Å². The van der Waals surface area contributed by atoms with Gasteiger partial charge in [0.2, 0.25) is 0 Å². The molecule has 0 radical (unpaired) electrons. The first-order valence-electron chi connectivity index (χ1n) is 3.77. The van der Waals surface area contributed by atoms with Gasteiger partial charge in [-0.15, -0.1) is 0 Å². The van der Waals surface area contributed by atoms with Crippen molar-refractivity contribution in [2.24, 2.45) is 0 Å². The fourth-order valence-corrected chi connectivity index (χ4v) is 1.16. The predicted molar refractivity (Wildman–Crippen MR) is 46.7 cm³/mol. The first-order chi connectivity index (χ1) is 5.88. The average molecular weight is 160 g/mol. The van der Waals surface area contributed by atoms with Gasteiger partial charge >= 0.3 is 0 Å². The van der Waals surface area contributed by atoms with Crippen molar-refractivity contribution < 1.29 is 4.57 Å². The van der Waals surface area contributed by atoms with Crippen molar-refractivity contribution in [2.45, 2.75) is 0 Å². The van der Waals surface area contributed by atoms with Gasteiger partial charge in [0.25, 0.3) is 5.69 Å². The Kier molecular flexibility index (Phi) is 1.55. The molecule has 0 aliphatic rings. The van der Waals surface area contributed by atoms with E-state index in [4.69, 9.17) is 5.73 Å². The third-order valence-electron chi connectivity index (χ3n) is 1.75. The second kappa shape index (κ2) is 2.70. The maximum atomic E-state index is 5.70. The van der Waals surface area contributed by atoms with Gasteiger partial charge in [-0.3, -0.25) is 0 Å². The van der Waals surface area contributed by atoms with Gasteiger partial charge < -0.3 is 10.7 Å². The Morgan fingerprint density at radius 2 is 1.92 bits per heavy atom. The van der Waals surface area contributed by atoms with Crippen LogP contribution in [0.15, 0.2) is 42.9 Å². The van der Waals surface area contributed by atoms with Crippen molar-refractivity contribution in [3.63, 3.8) is 0 Å². The van der Waals surface area contributed by atoms with E-state index >= 15 is 0 Å². The van der Waals surface area contributed by atoms with E-state index in [9.17, 15) is 0 Å². The predicted octanol–water partition coefficient (Wildman–Crippen LogP) is 0.874. The Hall–Kier alpha value is -1.77. The van der Waals surface area contributed by atoms with Crippen molar-refractivity contribution in [1.82, 2.24) is 4.98 Å². The summed E-state index contributed by atoms with van der Waals surface area (Å²) in [5.74, 6) is 0.686. The number of nitrogens with zero attached hydrogens (tertiary/aromatic N) is 1. The van der Waals surface area contributed by atoms with Crippen molar-refractivity contribution in [3.8, 4) is 5.69 Å². The summed E-state index contributed by atoms with van der Waals surface area (Å²) >= 11 is 0. The Morgan fingerprint density at radius 1 is 1.17 bits per heavy atom. The Balaban J connectivity index is 2.51. The monoisotopic (exact) mass is 160 g/mol. The van der Waals surface area contributed by atoms with Crippen molar-refractivity contribution in [2.75, 3.05) is 5.73 Å². The maximum absolute atomic E-state index is 5.70. The van der Waals surface area contributed by atoms with Crippen molar-refractivity contribution in [3.05, 3.63) is 42.9 Å². The van der Waals surface area contributed by atoms with Gasteiger partial charge in [0.05, 0.1) is 0 Å². The number of nitrogens with one attached hydrogen (secondary N) is 1. The molecule has 0 spiro atoms. The van der Waals surface area contributed by atoms with Crippen LogP contribution in [0.2, 0.25) is 0 Å². The number of anilines is 1. The normalized spacial score (nSPS) is 10.0. The number of nitrogens with two attached hydrogens (primary N) is 1. The number of hydrogen-bond donors (Lipinski definition) is 2. The molecule has 2 aromatic rings. The molecule has 2 heterocycles. The summed E-state index contributed by atoms with van der Waals surface area (Å²) in [5, 5.41) is 0. The summed E-state index contributed by atoms with van der Waals surface area (Å²) in [6.45, 7) is 0. The number of rotatable bonds is 1. The minimum absolute atomic E-state index is 0.686. The zero-order chi connectivity index (χ0) is 8.39. The summed E-state index contributed by atoms with van der Waals surface area (Å²) in [6, 6.07) is 7.84.